The van der Waals surface area contributed by atoms with Crippen molar-refractivity contribution in [1.29, 1.82) is 0 Å². The van der Waals surface area contributed by atoms with Crippen LogP contribution in [0.15, 0.2) is 121 Å². The number of aromatic nitrogens is 5. The summed E-state index contributed by atoms with van der Waals surface area (Å²) in [6.45, 7) is 0. The van der Waals surface area contributed by atoms with Crippen molar-refractivity contribution in [2.45, 2.75) is 38.0 Å². The first-order chi connectivity index (χ1) is 23.8. The van der Waals surface area contributed by atoms with Crippen molar-refractivity contribution in [1.82, 2.24) is 24.1 Å². The van der Waals surface area contributed by atoms with Crippen molar-refractivity contribution in [3.63, 3.8) is 0 Å². The molecule has 232 valence electrons. The van der Waals surface area contributed by atoms with E-state index in [4.69, 9.17) is 15.0 Å². The van der Waals surface area contributed by atoms with Gasteiger partial charge in [0.2, 0.25) is 11.9 Å². The first-order valence-electron chi connectivity index (χ1n) is 17.6. The predicted octanol–water partition coefficient (Wildman–Crippen LogP) is 10.3. The van der Waals surface area contributed by atoms with Gasteiger partial charge in [-0.2, -0.15) is 15.0 Å². The Balaban J connectivity index is 1.21. The fourth-order valence-corrected chi connectivity index (χ4v) is 10.4. The number of fused-ring (bicyclic) bond motifs is 6. The molecule has 4 saturated carbocycles. The highest BCUT2D eigenvalue weighted by molar-refractivity contribution is 6.10. The van der Waals surface area contributed by atoms with Gasteiger partial charge in [0.25, 0.3) is 0 Å². The van der Waals surface area contributed by atoms with Crippen LogP contribution < -0.4 is 0 Å². The summed E-state index contributed by atoms with van der Waals surface area (Å²) >= 11 is 0. The van der Waals surface area contributed by atoms with E-state index in [-0.39, 0.29) is 0 Å². The molecule has 0 saturated heterocycles. The normalized spacial score (nSPS) is 23.2. The number of benzene rings is 5. The minimum absolute atomic E-state index is 0.569. The molecule has 0 atom stereocenters. The van der Waals surface area contributed by atoms with Crippen molar-refractivity contribution in [3.8, 4) is 23.3 Å². The molecule has 3 aromatic heterocycles. The molecule has 5 heteroatoms. The van der Waals surface area contributed by atoms with E-state index in [2.05, 4.69) is 130 Å². The lowest BCUT2D eigenvalue weighted by Gasteiger charge is -2.55. The van der Waals surface area contributed by atoms with Gasteiger partial charge >= 0.3 is 0 Å². The SMILES string of the molecule is c1ccc(C2C3CC4CC(C3)CC2C4)c(-c2nc(-n3c4ccccc4c4ccccc43)nc(-n3c4ccccc4c4ccccc43)n2)c1. The molecule has 5 nitrogen and oxygen atoms in total. The fourth-order valence-electron chi connectivity index (χ4n) is 10.4. The fraction of sp³-hybridized carbons (Fsp3) is 0.233. The molecule has 4 aliphatic carbocycles. The van der Waals surface area contributed by atoms with Gasteiger partial charge in [-0.25, -0.2) is 0 Å². The lowest BCUT2D eigenvalue weighted by molar-refractivity contribution is -0.00261. The first-order valence-corrected chi connectivity index (χ1v) is 17.6. The van der Waals surface area contributed by atoms with Crippen LogP contribution in [0.2, 0.25) is 0 Å². The quantitative estimate of drug-likeness (QED) is 0.196. The van der Waals surface area contributed by atoms with Gasteiger partial charge in [0, 0.05) is 27.1 Å². The van der Waals surface area contributed by atoms with Gasteiger partial charge in [-0.05, 0) is 91.5 Å². The van der Waals surface area contributed by atoms with Gasteiger partial charge in [0.15, 0.2) is 5.82 Å². The average Bonchev–Trinajstić information content (AvgIpc) is 3.64. The zero-order valence-electron chi connectivity index (χ0n) is 26.7. The minimum atomic E-state index is 0.569. The summed E-state index contributed by atoms with van der Waals surface area (Å²) < 4.78 is 4.47. The molecule has 8 aromatic rings. The molecular weight excluding hydrogens is 587 g/mol. The van der Waals surface area contributed by atoms with E-state index in [0.717, 1.165) is 57.1 Å². The van der Waals surface area contributed by atoms with Crippen LogP contribution in [0.1, 0.15) is 43.6 Å². The topological polar surface area (TPSA) is 48.5 Å². The van der Waals surface area contributed by atoms with E-state index in [1.54, 1.807) is 0 Å². The second-order valence-corrected chi connectivity index (χ2v) is 14.5. The van der Waals surface area contributed by atoms with Crippen molar-refractivity contribution in [3.05, 3.63) is 127 Å². The Morgan fingerprint density at radius 3 is 1.27 bits per heavy atom. The summed E-state index contributed by atoms with van der Waals surface area (Å²) in [6.07, 6.45) is 6.97. The molecule has 0 N–H and O–H groups in total. The van der Waals surface area contributed by atoms with Crippen LogP contribution in [0.5, 0.6) is 0 Å². The third-order valence-corrected chi connectivity index (χ3v) is 12.0. The largest absolute Gasteiger partial charge is 0.278 e. The molecule has 3 heterocycles. The highest BCUT2D eigenvalue weighted by atomic mass is 15.3. The summed E-state index contributed by atoms with van der Waals surface area (Å²) in [5, 5.41) is 4.79. The van der Waals surface area contributed by atoms with Crippen LogP contribution in [-0.2, 0) is 0 Å². The third-order valence-electron chi connectivity index (χ3n) is 12.0. The number of hydrogen-bond donors (Lipinski definition) is 0. The van der Waals surface area contributed by atoms with Crippen LogP contribution in [0.25, 0.3) is 66.9 Å². The maximum absolute atomic E-state index is 5.42. The molecule has 5 aromatic carbocycles. The monoisotopic (exact) mass is 621 g/mol. The molecule has 48 heavy (non-hydrogen) atoms. The Bertz CT molecular complexity index is 2290. The molecule has 0 unspecified atom stereocenters. The minimum Gasteiger partial charge on any atom is -0.278 e. The summed E-state index contributed by atoms with van der Waals surface area (Å²) in [7, 11) is 0. The maximum Gasteiger partial charge on any atom is 0.240 e. The van der Waals surface area contributed by atoms with Crippen LogP contribution in [0.4, 0.5) is 0 Å². The van der Waals surface area contributed by atoms with E-state index in [1.807, 2.05) is 0 Å². The van der Waals surface area contributed by atoms with E-state index < -0.39 is 0 Å². The Morgan fingerprint density at radius 2 is 0.812 bits per heavy atom. The Morgan fingerprint density at radius 1 is 0.417 bits per heavy atom. The lowest BCUT2D eigenvalue weighted by atomic mass is 9.50. The van der Waals surface area contributed by atoms with Gasteiger partial charge in [-0.1, -0.05) is 97.1 Å². The summed E-state index contributed by atoms with van der Waals surface area (Å²) in [4.78, 5) is 16.2. The van der Waals surface area contributed by atoms with E-state index in [9.17, 15) is 0 Å². The Labute approximate surface area is 278 Å². The van der Waals surface area contributed by atoms with Gasteiger partial charge in [0.1, 0.15) is 0 Å². The molecular formula is C43H35N5. The van der Waals surface area contributed by atoms with Gasteiger partial charge in [-0.3, -0.25) is 9.13 Å². The van der Waals surface area contributed by atoms with Gasteiger partial charge in [-0.15, -0.1) is 0 Å². The molecule has 0 spiro atoms. The number of nitrogens with zero attached hydrogens (tertiary/aromatic N) is 5. The van der Waals surface area contributed by atoms with E-state index in [0.29, 0.717) is 17.8 Å². The van der Waals surface area contributed by atoms with Crippen molar-refractivity contribution < 1.29 is 0 Å². The standard InChI is InChI=1S/C43H35N5/c1-2-16-35(34(15-1)40-28-22-26-21-27(24-28)25-29(40)23-26)41-44-42(47-36-17-7-3-11-30(36)31-12-4-8-18-37(31)47)46-43(45-41)48-38-19-9-5-13-32(38)33-14-6-10-20-39(33)48/h1-20,26-29,40H,21-25H2. The Kier molecular flexibility index (Phi) is 5.63. The van der Waals surface area contributed by atoms with E-state index >= 15 is 0 Å². The van der Waals surface area contributed by atoms with Crippen molar-refractivity contribution >= 4 is 43.6 Å². The Hall–Kier alpha value is -5.29. The van der Waals surface area contributed by atoms with Crippen molar-refractivity contribution in [2.75, 3.05) is 0 Å². The summed E-state index contributed by atoms with van der Waals surface area (Å²) in [6, 6.07) is 43.5. The van der Waals surface area contributed by atoms with E-state index in [1.165, 1.54) is 59.2 Å². The molecule has 0 aliphatic heterocycles. The summed E-state index contributed by atoms with van der Waals surface area (Å²) in [5.74, 6) is 6.00. The zero-order chi connectivity index (χ0) is 31.3. The van der Waals surface area contributed by atoms with Gasteiger partial charge < -0.3 is 0 Å². The third kappa shape index (κ3) is 3.82. The number of hydrogen-bond acceptors (Lipinski definition) is 3. The number of rotatable bonds is 4. The second kappa shape index (κ2) is 10.1. The average molecular weight is 622 g/mol. The molecule has 4 aliphatic rings. The lowest BCUT2D eigenvalue weighted by Crippen LogP contribution is -2.43. The molecule has 12 rings (SSSR count). The number of para-hydroxylation sites is 4. The predicted molar refractivity (Wildman–Crippen MR) is 194 cm³/mol. The van der Waals surface area contributed by atoms with Crippen LogP contribution >= 0.6 is 0 Å². The van der Waals surface area contributed by atoms with Gasteiger partial charge in [0.05, 0.1) is 22.1 Å². The van der Waals surface area contributed by atoms with Crippen molar-refractivity contribution in [2.24, 2.45) is 23.7 Å². The molecule has 4 fully saturated rings. The molecule has 4 bridgehead atoms. The highest BCUT2D eigenvalue weighted by Crippen LogP contribution is 2.60. The zero-order valence-corrected chi connectivity index (χ0v) is 26.7. The van der Waals surface area contributed by atoms with Crippen LogP contribution in [-0.4, -0.2) is 24.1 Å². The maximum atomic E-state index is 5.42. The second-order valence-electron chi connectivity index (χ2n) is 14.5. The van der Waals surface area contributed by atoms with Crippen LogP contribution in [0, 0.1) is 23.7 Å². The molecule has 0 amide bonds. The smallest absolute Gasteiger partial charge is 0.240 e. The molecule has 0 radical (unpaired) electrons. The van der Waals surface area contributed by atoms with Crippen LogP contribution in [0.3, 0.4) is 0 Å². The first kappa shape index (κ1) is 26.7. The highest BCUT2D eigenvalue weighted by Gasteiger charge is 2.49. The summed E-state index contributed by atoms with van der Waals surface area (Å²) in [5.41, 5.74) is 6.97.